The van der Waals surface area contributed by atoms with Crippen LogP contribution in [-0.2, 0) is 11.3 Å². The van der Waals surface area contributed by atoms with Gasteiger partial charge in [0.05, 0.1) is 0 Å². The van der Waals surface area contributed by atoms with Gasteiger partial charge in [0.25, 0.3) is 0 Å². The van der Waals surface area contributed by atoms with Crippen molar-refractivity contribution in [1.29, 1.82) is 0 Å². The monoisotopic (exact) mass is 266 g/mol. The van der Waals surface area contributed by atoms with Gasteiger partial charge in [-0.3, -0.25) is 4.79 Å². The van der Waals surface area contributed by atoms with Gasteiger partial charge in [-0.2, -0.15) is 0 Å². The molecular formula is C14H22N2O3. The van der Waals surface area contributed by atoms with E-state index in [0.29, 0.717) is 12.5 Å². The molecule has 0 aromatic carbocycles. The average molecular weight is 266 g/mol. The van der Waals surface area contributed by atoms with Gasteiger partial charge >= 0.3 is 5.97 Å². The van der Waals surface area contributed by atoms with E-state index in [1.807, 2.05) is 13.8 Å². The molecule has 0 radical (unpaired) electrons. The zero-order valence-corrected chi connectivity index (χ0v) is 12.0. The summed E-state index contributed by atoms with van der Waals surface area (Å²) in [6.07, 6.45) is 1.62. The summed E-state index contributed by atoms with van der Waals surface area (Å²) >= 11 is 0. The molecule has 1 aromatic rings. The van der Waals surface area contributed by atoms with Crippen LogP contribution >= 0.6 is 0 Å². The number of carboxylic acid groups (broad SMARTS) is 1. The van der Waals surface area contributed by atoms with Crippen molar-refractivity contribution in [3.63, 3.8) is 0 Å². The standard InChI is InChI=1S/C14H22N2O3/c1-10(2)8-16(11(3)4)13(17)9-15-7-5-6-12(15)14(18)19/h5-7,10-11H,8-9H2,1-4H3,(H,18,19). The molecule has 106 valence electrons. The molecule has 1 N–H and O–H groups in total. The van der Waals surface area contributed by atoms with E-state index in [4.69, 9.17) is 5.11 Å². The number of rotatable bonds is 6. The number of aromatic carboxylic acids is 1. The molecule has 0 aliphatic heterocycles. The zero-order chi connectivity index (χ0) is 14.6. The maximum Gasteiger partial charge on any atom is 0.352 e. The van der Waals surface area contributed by atoms with E-state index >= 15 is 0 Å². The summed E-state index contributed by atoms with van der Waals surface area (Å²) in [6, 6.07) is 3.25. The number of aromatic nitrogens is 1. The average Bonchev–Trinajstić information content (AvgIpc) is 2.73. The third-order valence-corrected chi connectivity index (χ3v) is 2.86. The van der Waals surface area contributed by atoms with E-state index in [2.05, 4.69) is 13.8 Å². The number of nitrogens with zero attached hydrogens (tertiary/aromatic N) is 2. The Labute approximate surface area is 113 Å². The number of carbonyl (C=O) groups excluding carboxylic acids is 1. The Morgan fingerprint density at radius 3 is 2.42 bits per heavy atom. The van der Waals surface area contributed by atoms with Crippen LogP contribution in [0.1, 0.15) is 38.2 Å². The van der Waals surface area contributed by atoms with E-state index in [9.17, 15) is 9.59 Å². The second-order valence-electron chi connectivity index (χ2n) is 5.36. The molecule has 0 spiro atoms. The number of carbonyl (C=O) groups is 2. The van der Waals surface area contributed by atoms with E-state index in [1.54, 1.807) is 17.2 Å². The predicted molar refractivity (Wildman–Crippen MR) is 73.1 cm³/mol. The number of hydrogen-bond acceptors (Lipinski definition) is 2. The van der Waals surface area contributed by atoms with Crippen LogP contribution < -0.4 is 0 Å². The molecule has 0 aliphatic carbocycles. The van der Waals surface area contributed by atoms with Gasteiger partial charge in [0.2, 0.25) is 5.91 Å². The summed E-state index contributed by atoms with van der Waals surface area (Å²) in [4.78, 5) is 25.1. The summed E-state index contributed by atoms with van der Waals surface area (Å²) in [5, 5.41) is 9.01. The molecule has 0 aliphatic rings. The lowest BCUT2D eigenvalue weighted by Gasteiger charge is -2.29. The fourth-order valence-electron chi connectivity index (χ4n) is 1.98. The molecule has 1 aromatic heterocycles. The van der Waals surface area contributed by atoms with Crippen LogP contribution in [-0.4, -0.2) is 39.0 Å². The molecule has 5 heteroatoms. The zero-order valence-electron chi connectivity index (χ0n) is 12.0. The molecule has 0 saturated carbocycles. The van der Waals surface area contributed by atoms with Crippen LogP contribution in [0.5, 0.6) is 0 Å². The van der Waals surface area contributed by atoms with Crippen molar-refractivity contribution >= 4 is 11.9 Å². The van der Waals surface area contributed by atoms with Crippen molar-refractivity contribution < 1.29 is 14.7 Å². The van der Waals surface area contributed by atoms with Crippen LogP contribution in [0.25, 0.3) is 0 Å². The molecule has 1 rings (SSSR count). The first kappa shape index (κ1) is 15.3. The van der Waals surface area contributed by atoms with E-state index in [1.165, 1.54) is 10.6 Å². The second-order valence-corrected chi connectivity index (χ2v) is 5.36. The molecule has 0 atom stereocenters. The van der Waals surface area contributed by atoms with E-state index in [-0.39, 0.29) is 24.2 Å². The summed E-state index contributed by atoms with van der Waals surface area (Å²) in [5.74, 6) is -0.685. The maximum absolute atomic E-state index is 12.3. The fourth-order valence-corrected chi connectivity index (χ4v) is 1.98. The van der Waals surface area contributed by atoms with Crippen LogP contribution in [0.3, 0.4) is 0 Å². The van der Waals surface area contributed by atoms with E-state index in [0.717, 1.165) is 0 Å². The maximum atomic E-state index is 12.3. The summed E-state index contributed by atoms with van der Waals surface area (Å²) < 4.78 is 1.47. The Balaban J connectivity index is 2.81. The van der Waals surface area contributed by atoms with Gasteiger partial charge in [0.15, 0.2) is 0 Å². The highest BCUT2D eigenvalue weighted by molar-refractivity contribution is 5.87. The third kappa shape index (κ3) is 4.12. The smallest absolute Gasteiger partial charge is 0.352 e. The molecular weight excluding hydrogens is 244 g/mol. The van der Waals surface area contributed by atoms with Crippen molar-refractivity contribution in [3.8, 4) is 0 Å². The molecule has 0 unspecified atom stereocenters. The summed E-state index contributed by atoms with van der Waals surface area (Å²) in [5.41, 5.74) is 0.140. The van der Waals surface area contributed by atoms with Gasteiger partial charge in [-0.05, 0) is 31.9 Å². The van der Waals surface area contributed by atoms with Crippen LogP contribution in [0.15, 0.2) is 18.3 Å². The third-order valence-electron chi connectivity index (χ3n) is 2.86. The first-order chi connectivity index (χ1) is 8.82. The minimum atomic E-state index is -1.02. The first-order valence-electron chi connectivity index (χ1n) is 6.50. The molecule has 1 amide bonds. The molecule has 0 bridgehead atoms. The van der Waals surface area contributed by atoms with Crippen molar-refractivity contribution in [2.24, 2.45) is 5.92 Å². The Bertz CT molecular complexity index is 449. The largest absolute Gasteiger partial charge is 0.477 e. The van der Waals surface area contributed by atoms with Gasteiger partial charge in [-0.25, -0.2) is 4.79 Å². The fraction of sp³-hybridized carbons (Fsp3) is 0.571. The Morgan fingerprint density at radius 1 is 1.32 bits per heavy atom. The first-order valence-corrected chi connectivity index (χ1v) is 6.50. The normalized spacial score (nSPS) is 11.1. The Hall–Kier alpha value is -1.78. The second kappa shape index (κ2) is 6.41. The van der Waals surface area contributed by atoms with E-state index < -0.39 is 5.97 Å². The highest BCUT2D eigenvalue weighted by Gasteiger charge is 2.20. The van der Waals surface area contributed by atoms with Crippen LogP contribution in [0.2, 0.25) is 0 Å². The van der Waals surface area contributed by atoms with Gasteiger partial charge in [-0.15, -0.1) is 0 Å². The lowest BCUT2D eigenvalue weighted by atomic mass is 10.2. The highest BCUT2D eigenvalue weighted by Crippen LogP contribution is 2.08. The number of hydrogen-bond donors (Lipinski definition) is 1. The summed E-state index contributed by atoms with van der Waals surface area (Å²) in [6.45, 7) is 8.80. The van der Waals surface area contributed by atoms with Crippen molar-refractivity contribution in [2.45, 2.75) is 40.3 Å². The molecule has 0 fully saturated rings. The molecule has 5 nitrogen and oxygen atoms in total. The molecule has 1 heterocycles. The van der Waals surface area contributed by atoms with Gasteiger partial charge < -0.3 is 14.6 Å². The number of amides is 1. The van der Waals surface area contributed by atoms with Crippen LogP contribution in [0.4, 0.5) is 0 Å². The van der Waals surface area contributed by atoms with Gasteiger partial charge in [-0.1, -0.05) is 13.8 Å². The minimum Gasteiger partial charge on any atom is -0.477 e. The molecule has 0 saturated heterocycles. The number of carboxylic acids is 1. The topological polar surface area (TPSA) is 62.5 Å². The molecule has 19 heavy (non-hydrogen) atoms. The van der Waals surface area contributed by atoms with Crippen molar-refractivity contribution in [3.05, 3.63) is 24.0 Å². The minimum absolute atomic E-state index is 0.0533. The van der Waals surface area contributed by atoms with Gasteiger partial charge in [0.1, 0.15) is 12.2 Å². The SMILES string of the molecule is CC(C)CN(C(=O)Cn1cccc1C(=O)O)C(C)C. The Kier molecular flexibility index (Phi) is 5.15. The summed E-state index contributed by atoms with van der Waals surface area (Å²) in [7, 11) is 0. The lowest BCUT2D eigenvalue weighted by Crippen LogP contribution is -2.41. The van der Waals surface area contributed by atoms with Crippen LogP contribution in [0, 0.1) is 5.92 Å². The van der Waals surface area contributed by atoms with Gasteiger partial charge in [0, 0.05) is 18.8 Å². The van der Waals surface area contributed by atoms with Crippen molar-refractivity contribution in [2.75, 3.05) is 6.54 Å². The Morgan fingerprint density at radius 2 is 1.95 bits per heavy atom. The van der Waals surface area contributed by atoms with Crippen molar-refractivity contribution in [1.82, 2.24) is 9.47 Å². The quantitative estimate of drug-likeness (QED) is 0.857. The predicted octanol–water partition coefficient (Wildman–Crippen LogP) is 2.08. The highest BCUT2D eigenvalue weighted by atomic mass is 16.4. The lowest BCUT2D eigenvalue weighted by molar-refractivity contribution is -0.134.